The second kappa shape index (κ2) is 7.95. The summed E-state index contributed by atoms with van der Waals surface area (Å²) in [5.74, 6) is -0.442. The van der Waals surface area contributed by atoms with Gasteiger partial charge in [0, 0.05) is 37.3 Å². The predicted molar refractivity (Wildman–Crippen MR) is 120 cm³/mol. The average molecular weight is 452 g/mol. The number of hydrogen-bond donors (Lipinski definition) is 0. The van der Waals surface area contributed by atoms with Gasteiger partial charge in [0.1, 0.15) is 11.1 Å². The molecule has 1 aromatic heterocycles. The zero-order chi connectivity index (χ0) is 23.2. The topological polar surface area (TPSA) is 53.8 Å². The highest BCUT2D eigenvalue weighted by Crippen LogP contribution is 2.32. The third-order valence-electron chi connectivity index (χ3n) is 5.98. The lowest BCUT2D eigenvalue weighted by Crippen LogP contribution is -2.49. The van der Waals surface area contributed by atoms with Crippen molar-refractivity contribution in [1.82, 2.24) is 4.90 Å². The quantitative estimate of drug-likeness (QED) is 0.320. The summed E-state index contributed by atoms with van der Waals surface area (Å²) in [5.41, 5.74) is -0.604. The van der Waals surface area contributed by atoms with Crippen molar-refractivity contribution in [2.24, 2.45) is 0 Å². The Morgan fingerprint density at radius 2 is 1.61 bits per heavy atom. The van der Waals surface area contributed by atoms with E-state index < -0.39 is 23.3 Å². The minimum Gasteiger partial charge on any atom is -0.422 e. The zero-order valence-corrected chi connectivity index (χ0v) is 17.4. The number of carbonyl (C=O) groups excluding carboxylic acids is 1. The smallest absolute Gasteiger partial charge is 0.416 e. The van der Waals surface area contributed by atoms with E-state index in [9.17, 15) is 22.8 Å². The van der Waals surface area contributed by atoms with Gasteiger partial charge in [-0.3, -0.25) is 4.79 Å². The van der Waals surface area contributed by atoms with Crippen LogP contribution < -0.4 is 10.5 Å². The van der Waals surface area contributed by atoms with E-state index >= 15 is 0 Å². The number of fused-ring (bicyclic) bond motifs is 3. The van der Waals surface area contributed by atoms with E-state index in [1.807, 2.05) is 30.3 Å². The van der Waals surface area contributed by atoms with Crippen LogP contribution in [0.3, 0.4) is 0 Å². The molecule has 0 atom stereocenters. The first-order valence-electron chi connectivity index (χ1n) is 10.5. The largest absolute Gasteiger partial charge is 0.422 e. The van der Waals surface area contributed by atoms with Crippen LogP contribution in [0.25, 0.3) is 21.7 Å². The molecule has 5 rings (SSSR count). The van der Waals surface area contributed by atoms with Crippen molar-refractivity contribution in [1.29, 1.82) is 0 Å². The van der Waals surface area contributed by atoms with Crippen molar-refractivity contribution in [3.8, 4) is 0 Å². The second-order valence-electron chi connectivity index (χ2n) is 7.97. The van der Waals surface area contributed by atoms with Gasteiger partial charge in [-0.25, -0.2) is 4.79 Å². The molecular formula is C25H19F3N2O3. The summed E-state index contributed by atoms with van der Waals surface area (Å²) in [6, 6.07) is 17.9. The molecule has 2 heterocycles. The lowest BCUT2D eigenvalue weighted by atomic mass is 10.0. The van der Waals surface area contributed by atoms with Crippen LogP contribution in [0, 0.1) is 0 Å². The van der Waals surface area contributed by atoms with Crippen molar-refractivity contribution in [3.63, 3.8) is 0 Å². The molecule has 1 fully saturated rings. The Bertz CT molecular complexity index is 1420. The van der Waals surface area contributed by atoms with Gasteiger partial charge in [-0.1, -0.05) is 36.4 Å². The highest BCUT2D eigenvalue weighted by molar-refractivity contribution is 6.07. The molecule has 4 aromatic rings. The van der Waals surface area contributed by atoms with Gasteiger partial charge in [0.05, 0.1) is 5.56 Å². The first-order valence-corrected chi connectivity index (χ1v) is 10.5. The summed E-state index contributed by atoms with van der Waals surface area (Å²) in [5, 5.41) is 2.52. The van der Waals surface area contributed by atoms with E-state index in [-0.39, 0.29) is 18.7 Å². The molecule has 0 bridgehead atoms. The third kappa shape index (κ3) is 3.92. The van der Waals surface area contributed by atoms with Gasteiger partial charge in [-0.15, -0.1) is 0 Å². The van der Waals surface area contributed by atoms with Crippen LogP contribution in [0.4, 0.5) is 18.9 Å². The fourth-order valence-electron chi connectivity index (χ4n) is 4.24. The van der Waals surface area contributed by atoms with E-state index in [0.29, 0.717) is 29.7 Å². The van der Waals surface area contributed by atoms with Crippen molar-refractivity contribution in [3.05, 3.63) is 88.3 Å². The number of amides is 1. The summed E-state index contributed by atoms with van der Waals surface area (Å²) < 4.78 is 44.5. The lowest BCUT2D eigenvalue weighted by Gasteiger charge is -2.36. The molecule has 168 valence electrons. The van der Waals surface area contributed by atoms with Crippen molar-refractivity contribution in [2.75, 3.05) is 31.1 Å². The fourth-order valence-corrected chi connectivity index (χ4v) is 4.24. The minimum absolute atomic E-state index is 0.0497. The number of alkyl halides is 3. The Morgan fingerprint density at radius 1 is 0.848 bits per heavy atom. The molecule has 0 spiro atoms. The molecular weight excluding hydrogens is 433 g/mol. The SMILES string of the molecule is O=C(c1cc2c(ccc3ccccc32)oc1=O)N1CCN(c2cccc(C(F)(F)F)c2)CC1. The molecule has 33 heavy (non-hydrogen) atoms. The third-order valence-corrected chi connectivity index (χ3v) is 5.98. The molecule has 0 aliphatic carbocycles. The maximum Gasteiger partial charge on any atom is 0.416 e. The molecule has 0 N–H and O–H groups in total. The number of hydrogen-bond acceptors (Lipinski definition) is 4. The number of benzene rings is 3. The van der Waals surface area contributed by atoms with Gasteiger partial charge in [0.2, 0.25) is 0 Å². The number of piperazine rings is 1. The maximum atomic E-state index is 13.1. The van der Waals surface area contributed by atoms with Gasteiger partial charge in [-0.05, 0) is 41.1 Å². The molecule has 0 unspecified atom stereocenters. The standard InChI is InChI=1S/C25H19F3N2O3/c26-25(27,28)17-5-3-6-18(14-17)29-10-12-30(13-11-29)23(31)21-15-20-19-7-2-1-4-16(19)8-9-22(20)33-24(21)32/h1-9,14-15H,10-13H2. The van der Waals surface area contributed by atoms with E-state index in [1.54, 1.807) is 23.1 Å². The van der Waals surface area contributed by atoms with Gasteiger partial charge < -0.3 is 14.2 Å². The van der Waals surface area contributed by atoms with Crippen LogP contribution in [0.5, 0.6) is 0 Å². The first-order chi connectivity index (χ1) is 15.8. The van der Waals surface area contributed by atoms with Crippen LogP contribution in [-0.4, -0.2) is 37.0 Å². The van der Waals surface area contributed by atoms with Crippen LogP contribution in [0.1, 0.15) is 15.9 Å². The molecule has 0 saturated carbocycles. The van der Waals surface area contributed by atoms with Crippen molar-refractivity contribution < 1.29 is 22.4 Å². The Kier molecular flexibility index (Phi) is 5.08. The van der Waals surface area contributed by atoms with Crippen LogP contribution in [-0.2, 0) is 6.18 Å². The number of carbonyl (C=O) groups is 1. The number of anilines is 1. The molecule has 8 heteroatoms. The zero-order valence-electron chi connectivity index (χ0n) is 17.4. The van der Waals surface area contributed by atoms with E-state index in [4.69, 9.17) is 4.42 Å². The minimum atomic E-state index is -4.41. The van der Waals surface area contributed by atoms with Crippen LogP contribution >= 0.6 is 0 Å². The van der Waals surface area contributed by atoms with Crippen molar-refractivity contribution >= 4 is 33.3 Å². The molecule has 5 nitrogen and oxygen atoms in total. The Labute approximate surface area is 186 Å². The Balaban J connectivity index is 1.39. The van der Waals surface area contributed by atoms with Gasteiger partial charge in [0.15, 0.2) is 0 Å². The van der Waals surface area contributed by atoms with Crippen LogP contribution in [0.15, 0.2) is 75.9 Å². The average Bonchev–Trinajstić information content (AvgIpc) is 2.83. The van der Waals surface area contributed by atoms with Gasteiger partial charge >= 0.3 is 11.8 Å². The van der Waals surface area contributed by atoms with E-state index in [2.05, 4.69) is 0 Å². The predicted octanol–water partition coefficient (Wildman–Crippen LogP) is 4.93. The number of nitrogens with zero attached hydrogens (tertiary/aromatic N) is 2. The molecule has 0 radical (unpaired) electrons. The molecule has 1 aliphatic heterocycles. The summed E-state index contributed by atoms with van der Waals surface area (Å²) in [7, 11) is 0. The number of halogens is 3. The lowest BCUT2D eigenvalue weighted by molar-refractivity contribution is -0.137. The Morgan fingerprint density at radius 3 is 2.36 bits per heavy atom. The maximum absolute atomic E-state index is 13.1. The fraction of sp³-hybridized carbons (Fsp3) is 0.200. The highest BCUT2D eigenvalue weighted by Gasteiger charge is 2.31. The summed E-state index contributed by atoms with van der Waals surface area (Å²) in [4.78, 5) is 29.0. The molecule has 1 amide bonds. The van der Waals surface area contributed by atoms with Crippen LogP contribution in [0.2, 0.25) is 0 Å². The summed E-state index contributed by atoms with van der Waals surface area (Å²) >= 11 is 0. The van der Waals surface area contributed by atoms with Gasteiger partial charge in [-0.2, -0.15) is 13.2 Å². The van der Waals surface area contributed by atoms with Gasteiger partial charge in [0.25, 0.3) is 5.91 Å². The Hall–Kier alpha value is -3.81. The number of rotatable bonds is 2. The summed E-state index contributed by atoms with van der Waals surface area (Å²) in [6.45, 7) is 1.27. The normalized spacial score (nSPS) is 14.8. The first kappa shape index (κ1) is 21.1. The molecule has 1 aliphatic rings. The molecule has 1 saturated heterocycles. The van der Waals surface area contributed by atoms with Crippen molar-refractivity contribution in [2.45, 2.75) is 6.18 Å². The highest BCUT2D eigenvalue weighted by atomic mass is 19.4. The monoisotopic (exact) mass is 452 g/mol. The van der Waals surface area contributed by atoms with E-state index in [1.165, 1.54) is 11.0 Å². The van der Waals surface area contributed by atoms with E-state index in [0.717, 1.165) is 22.9 Å². The summed E-state index contributed by atoms with van der Waals surface area (Å²) in [6.07, 6.45) is -4.41. The second-order valence-corrected chi connectivity index (χ2v) is 7.97. The molecule has 3 aromatic carbocycles.